The van der Waals surface area contributed by atoms with E-state index in [0.717, 1.165) is 24.0 Å². The van der Waals surface area contributed by atoms with Gasteiger partial charge in [0.15, 0.2) is 0 Å². The van der Waals surface area contributed by atoms with Crippen LogP contribution in [-0.4, -0.2) is 63.1 Å². The molecule has 0 unspecified atom stereocenters. The Morgan fingerprint density at radius 2 is 1.51 bits per heavy atom. The number of hydrogen-bond donors (Lipinski definition) is 1. The number of aliphatic hydroxyl groups is 1. The number of nitrogens with zero attached hydrogens (tertiary/aromatic N) is 3. The highest BCUT2D eigenvalue weighted by molar-refractivity contribution is 6.00. The summed E-state index contributed by atoms with van der Waals surface area (Å²) in [6.45, 7) is 4.44. The minimum atomic E-state index is -1.13. The van der Waals surface area contributed by atoms with Crippen LogP contribution in [0.2, 0.25) is 0 Å². The van der Waals surface area contributed by atoms with E-state index in [4.69, 9.17) is 0 Å². The fraction of sp³-hybridized carbons (Fsp3) is 0.406. The van der Waals surface area contributed by atoms with Crippen molar-refractivity contribution in [3.63, 3.8) is 0 Å². The van der Waals surface area contributed by atoms with Gasteiger partial charge < -0.3 is 19.5 Å². The molecule has 1 aromatic heterocycles. The van der Waals surface area contributed by atoms with Gasteiger partial charge in [0.05, 0.1) is 17.7 Å². The molecule has 1 N–H and O–H groups in total. The van der Waals surface area contributed by atoms with Crippen molar-refractivity contribution < 1.29 is 14.7 Å². The summed E-state index contributed by atoms with van der Waals surface area (Å²) in [5.74, 6) is 0.115. The van der Waals surface area contributed by atoms with Crippen LogP contribution in [0.1, 0.15) is 60.9 Å². The highest BCUT2D eigenvalue weighted by Gasteiger charge is 2.35. The van der Waals surface area contributed by atoms with Gasteiger partial charge in [-0.05, 0) is 42.7 Å². The summed E-state index contributed by atoms with van der Waals surface area (Å²) < 4.78 is 1.48. The zero-order valence-electron chi connectivity index (χ0n) is 22.6. The molecule has 2 aliphatic heterocycles. The first-order valence-corrected chi connectivity index (χ1v) is 14.0. The van der Waals surface area contributed by atoms with Crippen LogP contribution >= 0.6 is 0 Å². The van der Waals surface area contributed by atoms with Crippen LogP contribution in [0.4, 0.5) is 0 Å². The molecule has 2 aliphatic rings. The molecule has 3 heterocycles. The first-order valence-electron chi connectivity index (χ1n) is 14.0. The quantitative estimate of drug-likeness (QED) is 0.497. The lowest BCUT2D eigenvalue weighted by molar-refractivity contribution is -0.136. The molecule has 39 heavy (non-hydrogen) atoms. The Kier molecular flexibility index (Phi) is 7.98. The van der Waals surface area contributed by atoms with Gasteiger partial charge in [-0.15, -0.1) is 0 Å². The van der Waals surface area contributed by atoms with Gasteiger partial charge in [0.25, 0.3) is 11.5 Å². The van der Waals surface area contributed by atoms with Crippen molar-refractivity contribution in [1.82, 2.24) is 14.4 Å². The van der Waals surface area contributed by atoms with Gasteiger partial charge in [0.2, 0.25) is 5.91 Å². The third-order valence-electron chi connectivity index (χ3n) is 8.20. The van der Waals surface area contributed by atoms with Crippen molar-refractivity contribution in [2.45, 2.75) is 57.1 Å². The van der Waals surface area contributed by atoms with Crippen LogP contribution in [0.5, 0.6) is 0 Å². The van der Waals surface area contributed by atoms with E-state index >= 15 is 0 Å². The van der Waals surface area contributed by atoms with Gasteiger partial charge in [0.1, 0.15) is 0 Å². The van der Waals surface area contributed by atoms with E-state index in [0.29, 0.717) is 56.6 Å². The van der Waals surface area contributed by atoms with E-state index in [-0.39, 0.29) is 29.8 Å². The van der Waals surface area contributed by atoms with Crippen LogP contribution in [0.3, 0.4) is 0 Å². The summed E-state index contributed by atoms with van der Waals surface area (Å²) in [6, 6.07) is 21.0. The molecule has 0 bridgehead atoms. The monoisotopic (exact) mass is 527 g/mol. The Hall–Kier alpha value is -3.71. The number of benzene rings is 2. The molecule has 2 fully saturated rings. The van der Waals surface area contributed by atoms with Gasteiger partial charge in [0, 0.05) is 50.4 Å². The Bertz CT molecular complexity index is 1360. The molecule has 7 heteroatoms. The van der Waals surface area contributed by atoms with E-state index in [1.807, 2.05) is 70.5 Å². The Morgan fingerprint density at radius 1 is 0.897 bits per heavy atom. The summed E-state index contributed by atoms with van der Waals surface area (Å²) in [5, 5.41) is 11.4. The van der Waals surface area contributed by atoms with E-state index in [2.05, 4.69) is 6.92 Å². The molecule has 1 atom stereocenters. The number of carbonyl (C=O) groups is 2. The number of aromatic nitrogens is 1. The topological polar surface area (TPSA) is 82.8 Å². The SMILES string of the molecule is C[C@H](CC(=O)N1CCC(O)(Cn2cc(C(=O)N3CCCC3)c(-c3ccccc3)cc2=O)CC1)c1ccccc1. The molecule has 2 aromatic carbocycles. The minimum absolute atomic E-state index is 0.0799. The van der Waals surface area contributed by atoms with Gasteiger partial charge in [-0.25, -0.2) is 0 Å². The van der Waals surface area contributed by atoms with Crippen molar-refractivity contribution in [3.8, 4) is 11.1 Å². The zero-order chi connectivity index (χ0) is 27.4. The van der Waals surface area contributed by atoms with Gasteiger partial charge in [-0.2, -0.15) is 0 Å². The molecule has 0 saturated carbocycles. The molecule has 5 rings (SSSR count). The number of likely N-dealkylation sites (tertiary alicyclic amines) is 2. The van der Waals surface area contributed by atoms with Crippen molar-refractivity contribution >= 4 is 11.8 Å². The summed E-state index contributed by atoms with van der Waals surface area (Å²) >= 11 is 0. The van der Waals surface area contributed by atoms with Crippen LogP contribution in [-0.2, 0) is 11.3 Å². The second-order valence-electron chi connectivity index (χ2n) is 11.1. The minimum Gasteiger partial charge on any atom is -0.388 e. The lowest BCUT2D eigenvalue weighted by atomic mass is 9.90. The van der Waals surface area contributed by atoms with Crippen LogP contribution in [0.15, 0.2) is 77.7 Å². The molecular weight excluding hydrogens is 490 g/mol. The van der Waals surface area contributed by atoms with Gasteiger partial charge in [-0.1, -0.05) is 67.6 Å². The van der Waals surface area contributed by atoms with E-state index in [1.165, 1.54) is 10.6 Å². The zero-order valence-corrected chi connectivity index (χ0v) is 22.6. The molecular formula is C32H37N3O4. The second kappa shape index (κ2) is 11.6. The average molecular weight is 528 g/mol. The fourth-order valence-electron chi connectivity index (χ4n) is 5.75. The van der Waals surface area contributed by atoms with Crippen molar-refractivity contribution in [2.24, 2.45) is 0 Å². The largest absolute Gasteiger partial charge is 0.388 e. The number of piperidine rings is 1. The number of amides is 2. The van der Waals surface area contributed by atoms with Crippen molar-refractivity contribution in [1.29, 1.82) is 0 Å². The molecule has 2 saturated heterocycles. The Labute approximate surface area is 229 Å². The molecule has 0 spiro atoms. The average Bonchev–Trinajstić information content (AvgIpc) is 3.50. The number of carbonyl (C=O) groups excluding carboxylic acids is 2. The maximum Gasteiger partial charge on any atom is 0.255 e. The molecule has 0 aliphatic carbocycles. The molecule has 7 nitrogen and oxygen atoms in total. The predicted octanol–water partition coefficient (Wildman–Crippen LogP) is 4.30. The molecule has 3 aromatic rings. The number of hydrogen-bond acceptors (Lipinski definition) is 4. The Balaban J connectivity index is 1.31. The molecule has 0 radical (unpaired) electrons. The third-order valence-corrected chi connectivity index (χ3v) is 8.20. The summed E-state index contributed by atoms with van der Waals surface area (Å²) in [5.41, 5.74) is 1.67. The highest BCUT2D eigenvalue weighted by Crippen LogP contribution is 2.28. The lowest BCUT2D eigenvalue weighted by Gasteiger charge is -2.39. The van der Waals surface area contributed by atoms with E-state index in [9.17, 15) is 19.5 Å². The molecule has 2 amide bonds. The first kappa shape index (κ1) is 26.9. The van der Waals surface area contributed by atoms with Crippen LogP contribution in [0, 0.1) is 0 Å². The van der Waals surface area contributed by atoms with Crippen molar-refractivity contribution in [3.05, 3.63) is 94.4 Å². The van der Waals surface area contributed by atoms with Crippen LogP contribution < -0.4 is 5.56 Å². The lowest BCUT2D eigenvalue weighted by Crippen LogP contribution is -2.49. The third kappa shape index (κ3) is 6.14. The van der Waals surface area contributed by atoms with Crippen molar-refractivity contribution in [2.75, 3.05) is 26.2 Å². The molecule has 204 valence electrons. The number of pyridine rings is 1. The standard InChI is InChI=1S/C32H37N3O4/c1-24(25-10-4-2-5-11-25)20-29(36)33-18-14-32(39,15-19-33)23-35-22-28(31(38)34-16-8-9-17-34)27(21-30(35)37)26-12-6-3-7-13-26/h2-7,10-13,21-22,24,39H,8-9,14-20,23H2,1H3/t24-/m1/s1. The summed E-state index contributed by atoms with van der Waals surface area (Å²) in [6.07, 6.45) is 4.75. The van der Waals surface area contributed by atoms with Gasteiger partial charge >= 0.3 is 0 Å². The smallest absolute Gasteiger partial charge is 0.255 e. The van der Waals surface area contributed by atoms with E-state index in [1.54, 1.807) is 6.20 Å². The van der Waals surface area contributed by atoms with Crippen LogP contribution in [0.25, 0.3) is 11.1 Å². The Morgan fingerprint density at radius 3 is 2.15 bits per heavy atom. The maximum atomic E-state index is 13.5. The maximum absolute atomic E-state index is 13.5. The normalized spacial score (nSPS) is 17.7. The van der Waals surface area contributed by atoms with Gasteiger partial charge in [-0.3, -0.25) is 14.4 Å². The van der Waals surface area contributed by atoms with E-state index < -0.39 is 5.60 Å². The fourth-order valence-corrected chi connectivity index (χ4v) is 5.75. The first-order chi connectivity index (χ1) is 18.8. The highest BCUT2D eigenvalue weighted by atomic mass is 16.3. The summed E-state index contributed by atoms with van der Waals surface area (Å²) in [7, 11) is 0. The predicted molar refractivity (Wildman–Crippen MR) is 152 cm³/mol. The second-order valence-corrected chi connectivity index (χ2v) is 11.1. The number of rotatable bonds is 7. The summed E-state index contributed by atoms with van der Waals surface area (Å²) in [4.78, 5) is 43.3.